The number of allylic oxidation sites excluding steroid dienone is 1. The Hall–Kier alpha value is -1.68. The molecular weight excluding hydrogens is 268 g/mol. The van der Waals surface area contributed by atoms with Gasteiger partial charge in [0, 0.05) is 11.5 Å². The summed E-state index contributed by atoms with van der Waals surface area (Å²) in [5, 5.41) is 0. The van der Waals surface area contributed by atoms with Crippen molar-refractivity contribution < 1.29 is 4.74 Å². The molecule has 1 aliphatic rings. The van der Waals surface area contributed by atoms with E-state index >= 15 is 0 Å². The largest absolute Gasteiger partial charge is 0.494 e. The highest BCUT2D eigenvalue weighted by molar-refractivity contribution is 5.38. The zero-order chi connectivity index (χ0) is 15.8. The molecule has 0 spiro atoms. The highest BCUT2D eigenvalue weighted by Crippen LogP contribution is 2.35. The van der Waals surface area contributed by atoms with Crippen molar-refractivity contribution in [1.29, 1.82) is 0 Å². The molecular formula is C21H28O. The van der Waals surface area contributed by atoms with E-state index in [1.807, 2.05) is 19.1 Å². The van der Waals surface area contributed by atoms with Crippen LogP contribution in [0.25, 0.3) is 0 Å². The minimum Gasteiger partial charge on any atom is -0.494 e. The summed E-state index contributed by atoms with van der Waals surface area (Å²) in [7, 11) is 0. The van der Waals surface area contributed by atoms with Crippen LogP contribution < -0.4 is 4.74 Å². The molecule has 22 heavy (non-hydrogen) atoms. The quantitative estimate of drug-likeness (QED) is 0.518. The third-order valence-electron chi connectivity index (χ3n) is 4.74. The average molecular weight is 296 g/mol. The first-order valence-electron chi connectivity index (χ1n) is 8.63. The van der Waals surface area contributed by atoms with E-state index in [9.17, 15) is 0 Å². The molecule has 0 aromatic heterocycles. The van der Waals surface area contributed by atoms with E-state index in [0.717, 1.165) is 17.2 Å². The fourth-order valence-corrected chi connectivity index (χ4v) is 3.37. The molecule has 0 saturated heterocycles. The van der Waals surface area contributed by atoms with Crippen molar-refractivity contribution in [2.24, 2.45) is 17.8 Å². The van der Waals surface area contributed by atoms with Crippen LogP contribution in [0.5, 0.6) is 5.75 Å². The van der Waals surface area contributed by atoms with E-state index in [4.69, 9.17) is 4.74 Å². The standard InChI is InChI=1S/C21H28O/c1-4-19(5-2)20-13-9-17(10-14-20)7-8-18-11-15-21(16-12-18)22-6-3/h4,11-12,15-17,19-20H,1,5-6,9-10,13-14H2,2-3H3/t17-,19?,20-. The highest BCUT2D eigenvalue weighted by atomic mass is 16.5. The number of rotatable bonds is 5. The Morgan fingerprint density at radius 2 is 1.86 bits per heavy atom. The molecule has 0 heterocycles. The van der Waals surface area contributed by atoms with Gasteiger partial charge in [0.15, 0.2) is 0 Å². The van der Waals surface area contributed by atoms with Crippen LogP contribution in [0, 0.1) is 29.6 Å². The van der Waals surface area contributed by atoms with Gasteiger partial charge in [-0.15, -0.1) is 6.58 Å². The van der Waals surface area contributed by atoms with E-state index in [2.05, 4.69) is 43.6 Å². The Morgan fingerprint density at radius 1 is 1.18 bits per heavy atom. The summed E-state index contributed by atoms with van der Waals surface area (Å²) in [4.78, 5) is 0. The minimum atomic E-state index is 0.560. The van der Waals surface area contributed by atoms with Crippen molar-refractivity contribution in [3.05, 3.63) is 42.5 Å². The first-order chi connectivity index (χ1) is 10.8. The summed E-state index contributed by atoms with van der Waals surface area (Å²) in [6, 6.07) is 8.10. The van der Waals surface area contributed by atoms with E-state index < -0.39 is 0 Å². The second-order valence-electron chi connectivity index (χ2n) is 6.15. The van der Waals surface area contributed by atoms with Crippen LogP contribution in [-0.4, -0.2) is 6.61 Å². The summed E-state index contributed by atoms with van der Waals surface area (Å²) in [5.74, 6) is 9.80. The molecule has 1 nitrogen and oxygen atoms in total. The summed E-state index contributed by atoms with van der Waals surface area (Å²) in [5.41, 5.74) is 1.09. The van der Waals surface area contributed by atoms with Gasteiger partial charge < -0.3 is 4.74 Å². The van der Waals surface area contributed by atoms with Crippen LogP contribution in [0.2, 0.25) is 0 Å². The third-order valence-corrected chi connectivity index (χ3v) is 4.74. The lowest BCUT2D eigenvalue weighted by molar-refractivity contribution is 0.254. The molecule has 0 N–H and O–H groups in total. The molecule has 2 rings (SSSR count). The van der Waals surface area contributed by atoms with Gasteiger partial charge in [-0.25, -0.2) is 0 Å². The second kappa shape index (κ2) is 8.69. The van der Waals surface area contributed by atoms with Crippen molar-refractivity contribution in [1.82, 2.24) is 0 Å². The number of hydrogen-bond acceptors (Lipinski definition) is 1. The topological polar surface area (TPSA) is 9.23 Å². The SMILES string of the molecule is C=CC(CC)[C@H]1CC[C@H](C#Cc2ccc(OCC)cc2)CC1. The van der Waals surface area contributed by atoms with Gasteiger partial charge in [0.05, 0.1) is 6.61 Å². The van der Waals surface area contributed by atoms with Crippen molar-refractivity contribution in [3.8, 4) is 17.6 Å². The Labute approximate surface area is 135 Å². The number of benzene rings is 1. The van der Waals surface area contributed by atoms with Gasteiger partial charge in [0.2, 0.25) is 0 Å². The molecule has 1 aromatic carbocycles. The van der Waals surface area contributed by atoms with Crippen molar-refractivity contribution in [3.63, 3.8) is 0 Å². The van der Waals surface area contributed by atoms with E-state index in [1.54, 1.807) is 0 Å². The van der Waals surface area contributed by atoms with Crippen molar-refractivity contribution in [2.45, 2.75) is 46.0 Å². The van der Waals surface area contributed by atoms with Gasteiger partial charge >= 0.3 is 0 Å². The van der Waals surface area contributed by atoms with E-state index in [1.165, 1.54) is 32.1 Å². The maximum absolute atomic E-state index is 5.45. The molecule has 1 aliphatic carbocycles. The van der Waals surface area contributed by atoms with Gasteiger partial charge in [0.1, 0.15) is 5.75 Å². The predicted molar refractivity (Wildman–Crippen MR) is 93.9 cm³/mol. The van der Waals surface area contributed by atoms with Gasteiger partial charge in [-0.05, 0) is 75.1 Å². The first kappa shape index (κ1) is 16.7. The summed E-state index contributed by atoms with van der Waals surface area (Å²) < 4.78 is 5.45. The van der Waals surface area contributed by atoms with Crippen molar-refractivity contribution >= 4 is 0 Å². The van der Waals surface area contributed by atoms with Crippen LogP contribution in [0.3, 0.4) is 0 Å². The Bertz CT molecular complexity index is 509. The Balaban J connectivity index is 1.87. The lowest BCUT2D eigenvalue weighted by Gasteiger charge is -2.30. The molecule has 0 amide bonds. The molecule has 118 valence electrons. The smallest absolute Gasteiger partial charge is 0.119 e. The fourth-order valence-electron chi connectivity index (χ4n) is 3.37. The number of ether oxygens (including phenoxy) is 1. The Kier molecular flexibility index (Phi) is 6.59. The predicted octanol–water partition coefficient (Wildman–Crippen LogP) is 5.46. The van der Waals surface area contributed by atoms with E-state index in [-0.39, 0.29) is 0 Å². The molecule has 1 atom stereocenters. The normalized spacial score (nSPS) is 22.3. The maximum Gasteiger partial charge on any atom is 0.119 e. The maximum atomic E-state index is 5.45. The lowest BCUT2D eigenvalue weighted by Crippen LogP contribution is -2.19. The summed E-state index contributed by atoms with van der Waals surface area (Å²) >= 11 is 0. The molecule has 1 aromatic rings. The van der Waals surface area contributed by atoms with Crippen LogP contribution in [-0.2, 0) is 0 Å². The zero-order valence-corrected chi connectivity index (χ0v) is 14.0. The third kappa shape index (κ3) is 4.67. The van der Waals surface area contributed by atoms with Crippen LogP contribution in [0.1, 0.15) is 51.5 Å². The molecule has 1 unspecified atom stereocenters. The Morgan fingerprint density at radius 3 is 2.41 bits per heavy atom. The van der Waals surface area contributed by atoms with Crippen LogP contribution in [0.4, 0.5) is 0 Å². The lowest BCUT2D eigenvalue weighted by atomic mass is 9.75. The minimum absolute atomic E-state index is 0.560. The molecule has 1 fully saturated rings. The average Bonchev–Trinajstić information content (AvgIpc) is 2.57. The molecule has 0 bridgehead atoms. The zero-order valence-electron chi connectivity index (χ0n) is 14.0. The second-order valence-corrected chi connectivity index (χ2v) is 6.15. The molecule has 0 radical (unpaired) electrons. The van der Waals surface area contributed by atoms with Gasteiger partial charge in [-0.3, -0.25) is 0 Å². The first-order valence-corrected chi connectivity index (χ1v) is 8.63. The van der Waals surface area contributed by atoms with Crippen molar-refractivity contribution in [2.75, 3.05) is 6.61 Å². The molecule has 1 heteroatoms. The summed E-state index contributed by atoms with van der Waals surface area (Å²) in [6.07, 6.45) is 8.44. The van der Waals surface area contributed by atoms with Crippen LogP contribution in [0.15, 0.2) is 36.9 Å². The monoisotopic (exact) mass is 296 g/mol. The van der Waals surface area contributed by atoms with Gasteiger partial charge in [-0.1, -0.05) is 24.8 Å². The van der Waals surface area contributed by atoms with Gasteiger partial charge in [-0.2, -0.15) is 0 Å². The fraction of sp³-hybridized carbons (Fsp3) is 0.524. The molecule has 1 saturated carbocycles. The number of hydrogen-bond donors (Lipinski definition) is 0. The van der Waals surface area contributed by atoms with Crippen LogP contribution >= 0.6 is 0 Å². The molecule has 0 aliphatic heterocycles. The highest BCUT2D eigenvalue weighted by Gasteiger charge is 2.24. The van der Waals surface area contributed by atoms with Gasteiger partial charge in [0.25, 0.3) is 0 Å². The summed E-state index contributed by atoms with van der Waals surface area (Å²) in [6.45, 7) is 8.96. The van der Waals surface area contributed by atoms with E-state index in [0.29, 0.717) is 18.4 Å².